The molecule has 0 aromatic heterocycles. The molecule has 1 aromatic carbocycles. The van der Waals surface area contributed by atoms with Gasteiger partial charge in [-0.05, 0) is 43.9 Å². The highest BCUT2D eigenvalue weighted by molar-refractivity contribution is 7.91. The van der Waals surface area contributed by atoms with E-state index >= 15 is 0 Å². The Morgan fingerprint density at radius 2 is 2.00 bits per heavy atom. The molecule has 0 atom stereocenters. The number of hydrogen-bond donors (Lipinski definition) is 1. The van der Waals surface area contributed by atoms with Crippen molar-refractivity contribution in [1.82, 2.24) is 0 Å². The molecule has 88 valence electrons. The molecule has 0 aliphatic carbocycles. The van der Waals surface area contributed by atoms with Gasteiger partial charge in [-0.25, -0.2) is 8.42 Å². The van der Waals surface area contributed by atoms with E-state index in [-0.39, 0.29) is 10.5 Å². The van der Waals surface area contributed by atoms with Crippen LogP contribution in [0.1, 0.15) is 31.4 Å². The van der Waals surface area contributed by atoms with Crippen molar-refractivity contribution in [3.05, 3.63) is 29.3 Å². The molecule has 2 nitrogen and oxygen atoms in total. The minimum atomic E-state index is -3.03. The first-order valence-corrected chi connectivity index (χ1v) is 7.49. The van der Waals surface area contributed by atoms with E-state index < -0.39 is 9.84 Å². The van der Waals surface area contributed by atoms with Crippen LogP contribution in [0.4, 0.5) is 0 Å². The van der Waals surface area contributed by atoms with Crippen molar-refractivity contribution in [2.75, 3.05) is 5.75 Å². The predicted molar refractivity (Wildman–Crippen MR) is 68.8 cm³/mol. The molecule has 4 heteroatoms. The lowest BCUT2D eigenvalue weighted by atomic mass is 9.98. The summed E-state index contributed by atoms with van der Waals surface area (Å²) >= 11 is 4.51. The maximum atomic E-state index is 11.8. The molecular weight excluding hydrogens is 240 g/mol. The lowest BCUT2D eigenvalue weighted by Crippen LogP contribution is -2.17. The van der Waals surface area contributed by atoms with Crippen LogP contribution in [0, 0.1) is 0 Å². The second-order valence-electron chi connectivity index (χ2n) is 4.80. The fraction of sp³-hybridized carbons (Fsp3) is 0.500. The Kier molecular flexibility index (Phi) is 2.83. The summed E-state index contributed by atoms with van der Waals surface area (Å²) in [5.41, 5.74) is 2.03. The Bertz CT molecular complexity index is 510. The lowest BCUT2D eigenvalue weighted by Gasteiger charge is -2.22. The average molecular weight is 256 g/mol. The van der Waals surface area contributed by atoms with E-state index in [2.05, 4.69) is 12.6 Å². The van der Waals surface area contributed by atoms with Gasteiger partial charge in [0.1, 0.15) is 0 Å². The zero-order valence-electron chi connectivity index (χ0n) is 9.53. The normalized spacial score (nSPS) is 19.2. The van der Waals surface area contributed by atoms with Crippen molar-refractivity contribution in [2.45, 2.75) is 36.3 Å². The summed E-state index contributed by atoms with van der Waals surface area (Å²) in [5, 5.41) is 0. The summed E-state index contributed by atoms with van der Waals surface area (Å²) in [5.74, 6) is 0.281. The van der Waals surface area contributed by atoms with Crippen LogP contribution >= 0.6 is 12.6 Å². The van der Waals surface area contributed by atoms with Crippen LogP contribution in [0.3, 0.4) is 0 Å². The first-order valence-electron chi connectivity index (χ1n) is 5.39. The first kappa shape index (κ1) is 12.0. The van der Waals surface area contributed by atoms with Crippen LogP contribution in [-0.4, -0.2) is 14.2 Å². The largest absolute Gasteiger partial charge is 0.224 e. The molecule has 16 heavy (non-hydrogen) atoms. The van der Waals surface area contributed by atoms with Crippen molar-refractivity contribution in [3.8, 4) is 0 Å². The zero-order chi connectivity index (χ0) is 12.0. The van der Waals surface area contributed by atoms with Gasteiger partial charge in [0.2, 0.25) is 0 Å². The van der Waals surface area contributed by atoms with Gasteiger partial charge in [-0.3, -0.25) is 0 Å². The van der Waals surface area contributed by atoms with E-state index in [4.69, 9.17) is 0 Å². The molecule has 0 N–H and O–H groups in total. The smallest absolute Gasteiger partial charge is 0.178 e. The zero-order valence-corrected chi connectivity index (χ0v) is 11.2. The van der Waals surface area contributed by atoms with E-state index in [1.807, 2.05) is 26.0 Å². The quantitative estimate of drug-likeness (QED) is 0.784. The predicted octanol–water partition coefficient (Wildman–Crippen LogP) is 2.57. The summed E-state index contributed by atoms with van der Waals surface area (Å²) in [6.07, 6.45) is 1.58. The molecular formula is C12H16O2S2. The Labute approximate surface area is 102 Å². The number of fused-ring (bicyclic) bond motifs is 1. The van der Waals surface area contributed by atoms with E-state index in [9.17, 15) is 8.42 Å². The van der Waals surface area contributed by atoms with Crippen molar-refractivity contribution in [1.29, 1.82) is 0 Å². The van der Waals surface area contributed by atoms with Crippen molar-refractivity contribution in [3.63, 3.8) is 0 Å². The lowest BCUT2D eigenvalue weighted by molar-refractivity contribution is 0.586. The SMILES string of the molecule is CC(C)(S)c1ccc2c(c1)CCCS2(=O)=O. The van der Waals surface area contributed by atoms with Gasteiger partial charge < -0.3 is 0 Å². The van der Waals surface area contributed by atoms with Crippen molar-refractivity contribution >= 4 is 22.5 Å². The van der Waals surface area contributed by atoms with Crippen LogP contribution in [-0.2, 0) is 21.0 Å². The average Bonchev–Trinajstić information content (AvgIpc) is 2.15. The van der Waals surface area contributed by atoms with Gasteiger partial charge in [0.25, 0.3) is 0 Å². The van der Waals surface area contributed by atoms with Crippen LogP contribution in [0.25, 0.3) is 0 Å². The van der Waals surface area contributed by atoms with Gasteiger partial charge in [-0.15, -0.1) is 0 Å². The molecule has 1 aromatic rings. The van der Waals surface area contributed by atoms with Gasteiger partial charge in [-0.2, -0.15) is 12.6 Å². The molecule has 1 aliphatic heterocycles. The van der Waals surface area contributed by atoms with Crippen LogP contribution in [0.2, 0.25) is 0 Å². The van der Waals surface area contributed by atoms with Crippen LogP contribution < -0.4 is 0 Å². The van der Waals surface area contributed by atoms with Gasteiger partial charge >= 0.3 is 0 Å². The second-order valence-corrected chi connectivity index (χ2v) is 8.00. The van der Waals surface area contributed by atoms with Crippen molar-refractivity contribution in [2.24, 2.45) is 0 Å². The Balaban J connectivity index is 2.57. The van der Waals surface area contributed by atoms with Crippen LogP contribution in [0.5, 0.6) is 0 Å². The first-order chi connectivity index (χ1) is 7.31. The summed E-state index contributed by atoms with van der Waals surface area (Å²) in [6.45, 7) is 4.02. The maximum Gasteiger partial charge on any atom is 0.178 e. The molecule has 1 aliphatic rings. The topological polar surface area (TPSA) is 34.1 Å². The highest BCUT2D eigenvalue weighted by Crippen LogP contribution is 2.32. The van der Waals surface area contributed by atoms with Gasteiger partial charge in [0.05, 0.1) is 10.6 Å². The van der Waals surface area contributed by atoms with E-state index in [0.29, 0.717) is 4.90 Å². The highest BCUT2D eigenvalue weighted by Gasteiger charge is 2.25. The molecule has 0 fully saturated rings. The molecule has 0 spiro atoms. The van der Waals surface area contributed by atoms with E-state index in [1.165, 1.54) is 0 Å². The van der Waals surface area contributed by atoms with Gasteiger partial charge in [0, 0.05) is 4.75 Å². The highest BCUT2D eigenvalue weighted by atomic mass is 32.2. The number of rotatable bonds is 1. The fourth-order valence-electron chi connectivity index (χ4n) is 2.02. The van der Waals surface area contributed by atoms with Gasteiger partial charge in [-0.1, -0.05) is 12.1 Å². The van der Waals surface area contributed by atoms with Gasteiger partial charge in [0.15, 0.2) is 9.84 Å². The molecule has 0 radical (unpaired) electrons. The summed E-state index contributed by atoms with van der Waals surface area (Å²) < 4.78 is 23.4. The molecule has 0 amide bonds. The molecule has 0 saturated carbocycles. The fourth-order valence-corrected chi connectivity index (χ4v) is 3.74. The standard InChI is InChI=1S/C12H16O2S2/c1-12(2,15)10-5-6-11-9(8-10)4-3-7-16(11,13)14/h5-6,8,15H,3-4,7H2,1-2H3. The number of aryl methyl sites for hydroxylation is 1. The number of hydrogen-bond acceptors (Lipinski definition) is 3. The molecule has 2 rings (SSSR count). The molecule has 0 unspecified atom stereocenters. The number of benzene rings is 1. The molecule has 1 heterocycles. The second kappa shape index (κ2) is 3.77. The minimum absolute atomic E-state index is 0.226. The minimum Gasteiger partial charge on any atom is -0.224 e. The third kappa shape index (κ3) is 2.13. The third-order valence-corrected chi connectivity index (χ3v) is 5.11. The Morgan fingerprint density at radius 1 is 1.31 bits per heavy atom. The van der Waals surface area contributed by atoms with Crippen molar-refractivity contribution < 1.29 is 8.42 Å². The molecule has 0 bridgehead atoms. The summed E-state index contributed by atoms with van der Waals surface area (Å²) in [6, 6.07) is 5.59. The Hall–Kier alpha value is -0.480. The Morgan fingerprint density at radius 3 is 2.62 bits per heavy atom. The summed E-state index contributed by atoms with van der Waals surface area (Å²) in [7, 11) is -3.03. The van der Waals surface area contributed by atoms with Crippen LogP contribution in [0.15, 0.2) is 23.1 Å². The summed E-state index contributed by atoms with van der Waals surface area (Å²) in [4.78, 5) is 0.514. The number of thiol groups is 1. The monoisotopic (exact) mass is 256 g/mol. The van der Waals surface area contributed by atoms with E-state index in [0.717, 1.165) is 24.0 Å². The number of sulfone groups is 1. The maximum absolute atomic E-state index is 11.8. The molecule has 0 saturated heterocycles. The van der Waals surface area contributed by atoms with E-state index in [1.54, 1.807) is 6.07 Å². The third-order valence-electron chi connectivity index (χ3n) is 2.96.